The third-order valence-corrected chi connectivity index (χ3v) is 5.45. The van der Waals surface area contributed by atoms with Crippen LogP contribution in [0.25, 0.3) is 11.0 Å². The van der Waals surface area contributed by atoms with Crippen LogP contribution in [0.5, 0.6) is 5.75 Å². The predicted octanol–water partition coefficient (Wildman–Crippen LogP) is 4.74. The van der Waals surface area contributed by atoms with Crippen molar-refractivity contribution >= 4 is 51.9 Å². The van der Waals surface area contributed by atoms with E-state index < -0.39 is 12.1 Å². The summed E-state index contributed by atoms with van der Waals surface area (Å²) in [4.78, 5) is 17.7. The number of hydrogen-bond donors (Lipinski definition) is 3. The summed E-state index contributed by atoms with van der Waals surface area (Å²) >= 11 is 12.6. The Balaban J connectivity index is 1.88. The van der Waals surface area contributed by atoms with E-state index >= 15 is 0 Å². The minimum absolute atomic E-state index is 0.0990. The lowest BCUT2D eigenvalue weighted by Gasteiger charge is -2.16. The van der Waals surface area contributed by atoms with Crippen molar-refractivity contribution < 1.29 is 14.6 Å². The molecule has 30 heavy (non-hydrogen) atoms. The van der Waals surface area contributed by atoms with Crippen molar-refractivity contribution in [2.24, 2.45) is 0 Å². The first-order chi connectivity index (χ1) is 14.2. The molecule has 2 aromatic carbocycles. The first-order valence-electron chi connectivity index (χ1n) is 9.57. The van der Waals surface area contributed by atoms with Gasteiger partial charge in [-0.1, -0.05) is 29.3 Å². The van der Waals surface area contributed by atoms with E-state index in [2.05, 4.69) is 15.6 Å². The standard InChI is InChI=1S/C21H22Cl2N4O3/c1-11(28)10-24-20(29)27-18-12-9-21(2,3)30-16(12)8-7-15(18)25-19(27)26-17-13(22)5-4-6-14(17)23/h4-8,11,28H,9-10H2,1-3H3,(H,24,29)(H,25,26). The van der Waals surface area contributed by atoms with E-state index in [-0.39, 0.29) is 18.1 Å². The number of fused-ring (bicyclic) bond motifs is 3. The highest BCUT2D eigenvalue weighted by atomic mass is 35.5. The van der Waals surface area contributed by atoms with Crippen LogP contribution >= 0.6 is 23.2 Å². The van der Waals surface area contributed by atoms with Gasteiger partial charge in [-0.05, 0) is 45.0 Å². The number of hydrogen-bond acceptors (Lipinski definition) is 5. The fourth-order valence-electron chi connectivity index (χ4n) is 3.57. The molecule has 3 aromatic rings. The van der Waals surface area contributed by atoms with E-state index in [4.69, 9.17) is 27.9 Å². The fourth-order valence-corrected chi connectivity index (χ4v) is 4.06. The first-order valence-corrected chi connectivity index (χ1v) is 10.3. The van der Waals surface area contributed by atoms with Gasteiger partial charge in [-0.3, -0.25) is 0 Å². The highest BCUT2D eigenvalue weighted by Crippen LogP contribution is 2.41. The number of imidazole rings is 1. The second-order valence-electron chi connectivity index (χ2n) is 7.98. The number of amides is 1. The summed E-state index contributed by atoms with van der Waals surface area (Å²) in [6.07, 6.45) is -0.0624. The van der Waals surface area contributed by atoms with Gasteiger partial charge >= 0.3 is 6.03 Å². The van der Waals surface area contributed by atoms with Gasteiger partial charge in [0.1, 0.15) is 11.4 Å². The lowest BCUT2D eigenvalue weighted by Crippen LogP contribution is -2.34. The summed E-state index contributed by atoms with van der Waals surface area (Å²) in [6, 6.07) is 8.38. The summed E-state index contributed by atoms with van der Waals surface area (Å²) in [6.45, 7) is 5.69. The van der Waals surface area contributed by atoms with Gasteiger partial charge in [-0.2, -0.15) is 0 Å². The van der Waals surface area contributed by atoms with E-state index in [9.17, 15) is 9.90 Å². The van der Waals surface area contributed by atoms with Crippen LogP contribution in [0, 0.1) is 0 Å². The summed E-state index contributed by atoms with van der Waals surface area (Å²) in [5.74, 6) is 0.987. The zero-order valence-corrected chi connectivity index (χ0v) is 18.3. The monoisotopic (exact) mass is 448 g/mol. The lowest BCUT2D eigenvalue weighted by atomic mass is 10.0. The smallest absolute Gasteiger partial charge is 0.329 e. The molecule has 3 N–H and O–H groups in total. The third-order valence-electron chi connectivity index (χ3n) is 4.82. The minimum atomic E-state index is -0.689. The maximum atomic E-state index is 13.1. The van der Waals surface area contributed by atoms with Crippen LogP contribution in [-0.4, -0.2) is 38.9 Å². The van der Waals surface area contributed by atoms with Crippen LogP contribution in [0.1, 0.15) is 26.3 Å². The molecule has 0 spiro atoms. The third kappa shape index (κ3) is 3.80. The molecular formula is C21H22Cl2N4O3. The number of nitrogens with zero attached hydrogens (tertiary/aromatic N) is 2. The number of halogens is 2. The number of aliphatic hydroxyl groups is 1. The van der Waals surface area contributed by atoms with Gasteiger partial charge in [-0.15, -0.1) is 0 Å². The molecule has 0 aliphatic carbocycles. The van der Waals surface area contributed by atoms with Crippen LogP contribution in [-0.2, 0) is 6.42 Å². The zero-order valence-electron chi connectivity index (χ0n) is 16.8. The lowest BCUT2D eigenvalue weighted by molar-refractivity contribution is 0.138. The molecule has 0 radical (unpaired) electrons. The Hall–Kier alpha value is -2.48. The van der Waals surface area contributed by atoms with Crippen LogP contribution < -0.4 is 15.4 Å². The van der Waals surface area contributed by atoms with Crippen LogP contribution in [0.2, 0.25) is 10.0 Å². The van der Waals surface area contributed by atoms with Crippen LogP contribution in [0.3, 0.4) is 0 Å². The molecule has 0 saturated heterocycles. The highest BCUT2D eigenvalue weighted by Gasteiger charge is 2.34. The van der Waals surface area contributed by atoms with E-state index in [0.717, 1.165) is 11.3 Å². The van der Waals surface area contributed by atoms with E-state index in [1.165, 1.54) is 4.57 Å². The molecule has 1 atom stereocenters. The van der Waals surface area contributed by atoms with E-state index in [1.54, 1.807) is 25.1 Å². The maximum Gasteiger partial charge on any atom is 0.329 e. The van der Waals surface area contributed by atoms with E-state index in [0.29, 0.717) is 33.2 Å². The molecule has 2 heterocycles. The molecule has 158 valence electrons. The van der Waals surface area contributed by atoms with Gasteiger partial charge < -0.3 is 20.5 Å². The molecule has 7 nitrogen and oxygen atoms in total. The number of carbonyl (C=O) groups excluding carboxylic acids is 1. The number of anilines is 2. The number of rotatable bonds is 4. The molecule has 1 aliphatic rings. The van der Waals surface area contributed by atoms with Crippen molar-refractivity contribution in [3.63, 3.8) is 0 Å². The Morgan fingerprint density at radius 2 is 2.00 bits per heavy atom. The molecule has 4 rings (SSSR count). The molecule has 0 saturated carbocycles. The maximum absolute atomic E-state index is 13.1. The van der Waals surface area contributed by atoms with Crippen molar-refractivity contribution in [2.45, 2.75) is 38.9 Å². The Bertz CT molecular complexity index is 1120. The van der Waals surface area contributed by atoms with Gasteiger partial charge in [0.25, 0.3) is 0 Å². The SMILES string of the molecule is CC(O)CNC(=O)n1c(Nc2c(Cl)cccc2Cl)nc2ccc3c(c21)CC(C)(C)O3. The van der Waals surface area contributed by atoms with Gasteiger partial charge in [0.15, 0.2) is 0 Å². The van der Waals surface area contributed by atoms with Gasteiger partial charge in [0.05, 0.1) is 32.9 Å². The van der Waals surface area contributed by atoms with Crippen molar-refractivity contribution in [1.82, 2.24) is 14.9 Å². The van der Waals surface area contributed by atoms with Crippen LogP contribution in [0.15, 0.2) is 30.3 Å². The molecule has 1 amide bonds. The van der Waals surface area contributed by atoms with Crippen molar-refractivity contribution in [1.29, 1.82) is 0 Å². The second-order valence-corrected chi connectivity index (χ2v) is 8.79. The number of carbonyl (C=O) groups is 1. The molecule has 0 bridgehead atoms. The average Bonchev–Trinajstić information content (AvgIpc) is 3.18. The molecule has 9 heteroatoms. The van der Waals surface area contributed by atoms with Gasteiger partial charge in [0.2, 0.25) is 5.95 Å². The number of ether oxygens (including phenoxy) is 1. The Labute approximate surface area is 183 Å². The highest BCUT2D eigenvalue weighted by molar-refractivity contribution is 6.39. The van der Waals surface area contributed by atoms with Gasteiger partial charge in [0, 0.05) is 18.5 Å². The normalized spacial score (nSPS) is 15.5. The van der Waals surface area contributed by atoms with Crippen molar-refractivity contribution in [3.8, 4) is 5.75 Å². The van der Waals surface area contributed by atoms with E-state index in [1.807, 2.05) is 26.0 Å². The number of aliphatic hydroxyl groups excluding tert-OH is 1. The summed E-state index contributed by atoms with van der Waals surface area (Å²) < 4.78 is 7.47. The molecule has 1 unspecified atom stereocenters. The summed E-state index contributed by atoms with van der Waals surface area (Å²) in [5.41, 5.74) is 2.24. The van der Waals surface area contributed by atoms with Crippen LogP contribution in [0.4, 0.5) is 16.4 Å². The molecular weight excluding hydrogens is 427 g/mol. The number of para-hydroxylation sites is 1. The Morgan fingerprint density at radius 3 is 2.67 bits per heavy atom. The summed E-state index contributed by atoms with van der Waals surface area (Å²) in [7, 11) is 0. The topological polar surface area (TPSA) is 88.4 Å². The Kier molecular flexibility index (Phi) is 5.30. The number of aromatic nitrogens is 2. The number of benzene rings is 2. The minimum Gasteiger partial charge on any atom is -0.487 e. The number of nitrogens with one attached hydrogen (secondary N) is 2. The van der Waals surface area contributed by atoms with Gasteiger partial charge in [-0.25, -0.2) is 14.3 Å². The Morgan fingerprint density at radius 1 is 1.30 bits per heavy atom. The fraction of sp³-hybridized carbons (Fsp3) is 0.333. The average molecular weight is 449 g/mol. The van der Waals surface area contributed by atoms with Crippen molar-refractivity contribution in [3.05, 3.63) is 45.9 Å². The molecule has 0 fully saturated rings. The predicted molar refractivity (Wildman–Crippen MR) is 118 cm³/mol. The second kappa shape index (κ2) is 7.65. The first kappa shape index (κ1) is 20.8. The zero-order chi connectivity index (χ0) is 21.6. The molecule has 1 aromatic heterocycles. The molecule has 1 aliphatic heterocycles. The van der Waals surface area contributed by atoms with Crippen molar-refractivity contribution in [2.75, 3.05) is 11.9 Å². The summed E-state index contributed by atoms with van der Waals surface area (Å²) in [5, 5.41) is 16.2. The largest absolute Gasteiger partial charge is 0.487 e. The quantitative estimate of drug-likeness (QED) is 0.536.